The number of nitrogens with two attached hydrogens (primary N) is 1. The van der Waals surface area contributed by atoms with E-state index in [9.17, 15) is 0 Å². The third-order valence-corrected chi connectivity index (χ3v) is 4.01. The number of anilines is 2. The Bertz CT molecular complexity index is 331. The summed E-state index contributed by atoms with van der Waals surface area (Å²) < 4.78 is 0. The van der Waals surface area contributed by atoms with Gasteiger partial charge in [0.1, 0.15) is 0 Å². The Morgan fingerprint density at radius 2 is 1.94 bits per heavy atom. The molecule has 0 spiro atoms. The molecular formula is C14H22N2. The molecule has 1 fully saturated rings. The van der Waals surface area contributed by atoms with Crippen molar-refractivity contribution in [3.05, 3.63) is 24.3 Å². The highest BCUT2D eigenvalue weighted by Crippen LogP contribution is 2.35. The molecular weight excluding hydrogens is 196 g/mol. The lowest BCUT2D eigenvalue weighted by Crippen LogP contribution is -2.24. The predicted molar refractivity (Wildman–Crippen MR) is 70.4 cm³/mol. The highest BCUT2D eigenvalue weighted by Gasteiger charge is 2.31. The molecule has 2 rings (SSSR count). The summed E-state index contributed by atoms with van der Waals surface area (Å²) in [6.45, 7) is 4.67. The topological polar surface area (TPSA) is 38.0 Å². The average molecular weight is 218 g/mol. The van der Waals surface area contributed by atoms with Crippen molar-refractivity contribution in [2.24, 2.45) is 11.8 Å². The van der Waals surface area contributed by atoms with Crippen molar-refractivity contribution in [2.45, 2.75) is 39.2 Å². The fourth-order valence-corrected chi connectivity index (χ4v) is 2.82. The van der Waals surface area contributed by atoms with Crippen LogP contribution in [0.4, 0.5) is 11.4 Å². The van der Waals surface area contributed by atoms with E-state index in [1.165, 1.54) is 24.9 Å². The smallest absolute Gasteiger partial charge is 0.0343 e. The van der Waals surface area contributed by atoms with E-state index in [-0.39, 0.29) is 0 Å². The van der Waals surface area contributed by atoms with Crippen molar-refractivity contribution in [3.63, 3.8) is 0 Å². The molecule has 0 aliphatic heterocycles. The highest BCUT2D eigenvalue weighted by molar-refractivity contribution is 5.51. The van der Waals surface area contributed by atoms with Crippen LogP contribution in [0.1, 0.15) is 33.1 Å². The van der Waals surface area contributed by atoms with Crippen LogP contribution in [0.5, 0.6) is 0 Å². The lowest BCUT2D eigenvalue weighted by Gasteiger charge is -2.22. The Morgan fingerprint density at radius 3 is 2.50 bits per heavy atom. The maximum Gasteiger partial charge on any atom is 0.0343 e. The van der Waals surface area contributed by atoms with E-state index in [2.05, 4.69) is 31.3 Å². The molecule has 1 aliphatic rings. The third-order valence-electron chi connectivity index (χ3n) is 4.01. The van der Waals surface area contributed by atoms with E-state index >= 15 is 0 Å². The van der Waals surface area contributed by atoms with Crippen molar-refractivity contribution in [2.75, 3.05) is 11.1 Å². The Kier molecular flexibility index (Phi) is 3.37. The van der Waals surface area contributed by atoms with Crippen molar-refractivity contribution in [3.8, 4) is 0 Å². The second-order valence-electron chi connectivity index (χ2n) is 4.98. The van der Waals surface area contributed by atoms with Crippen LogP contribution in [0.15, 0.2) is 24.3 Å². The number of hydrogen-bond acceptors (Lipinski definition) is 2. The number of rotatable bonds is 3. The molecule has 2 nitrogen and oxygen atoms in total. The van der Waals surface area contributed by atoms with Crippen LogP contribution in [0.25, 0.3) is 0 Å². The van der Waals surface area contributed by atoms with Gasteiger partial charge >= 0.3 is 0 Å². The van der Waals surface area contributed by atoms with Crippen LogP contribution >= 0.6 is 0 Å². The van der Waals surface area contributed by atoms with Crippen molar-refractivity contribution in [1.82, 2.24) is 0 Å². The van der Waals surface area contributed by atoms with Crippen LogP contribution < -0.4 is 11.1 Å². The van der Waals surface area contributed by atoms with E-state index in [1.807, 2.05) is 12.1 Å². The fourth-order valence-electron chi connectivity index (χ4n) is 2.82. The summed E-state index contributed by atoms with van der Waals surface area (Å²) in [6, 6.07) is 8.69. The summed E-state index contributed by atoms with van der Waals surface area (Å²) in [6.07, 6.45) is 3.97. The van der Waals surface area contributed by atoms with E-state index in [4.69, 9.17) is 5.73 Å². The van der Waals surface area contributed by atoms with Crippen molar-refractivity contribution >= 4 is 11.4 Å². The summed E-state index contributed by atoms with van der Waals surface area (Å²) in [5.41, 5.74) is 7.71. The molecule has 1 aromatic carbocycles. The van der Waals surface area contributed by atoms with E-state index in [0.29, 0.717) is 6.04 Å². The molecule has 3 unspecified atom stereocenters. The first-order chi connectivity index (χ1) is 7.70. The van der Waals surface area contributed by atoms with Crippen LogP contribution in [0.3, 0.4) is 0 Å². The summed E-state index contributed by atoms with van der Waals surface area (Å²) in [5.74, 6) is 1.67. The molecule has 1 aliphatic carbocycles. The Balaban J connectivity index is 1.98. The molecule has 88 valence electrons. The van der Waals surface area contributed by atoms with Gasteiger partial charge in [-0.2, -0.15) is 0 Å². The highest BCUT2D eigenvalue weighted by atomic mass is 14.9. The van der Waals surface area contributed by atoms with Gasteiger partial charge < -0.3 is 11.1 Å². The van der Waals surface area contributed by atoms with Crippen LogP contribution in [0, 0.1) is 11.8 Å². The molecule has 16 heavy (non-hydrogen) atoms. The largest absolute Gasteiger partial charge is 0.399 e. The lowest BCUT2D eigenvalue weighted by atomic mass is 9.93. The molecule has 0 amide bonds. The monoisotopic (exact) mass is 218 g/mol. The van der Waals surface area contributed by atoms with E-state index in [0.717, 1.165) is 17.5 Å². The van der Waals surface area contributed by atoms with Gasteiger partial charge in [-0.25, -0.2) is 0 Å². The maximum atomic E-state index is 5.68. The minimum Gasteiger partial charge on any atom is -0.399 e. The molecule has 3 atom stereocenters. The second-order valence-corrected chi connectivity index (χ2v) is 4.98. The molecule has 0 saturated heterocycles. The minimum atomic E-state index is 0.633. The van der Waals surface area contributed by atoms with Gasteiger partial charge in [-0.15, -0.1) is 0 Å². The van der Waals surface area contributed by atoms with Gasteiger partial charge in [0.2, 0.25) is 0 Å². The quantitative estimate of drug-likeness (QED) is 0.762. The zero-order valence-electron chi connectivity index (χ0n) is 10.2. The van der Waals surface area contributed by atoms with Gasteiger partial charge in [-0.3, -0.25) is 0 Å². The Hall–Kier alpha value is -1.18. The standard InChI is InChI=1S/C14H22N2/c1-3-11-4-9-14(10(11)2)16-13-7-5-12(15)6-8-13/h5-8,10-11,14,16H,3-4,9,15H2,1-2H3. The summed E-state index contributed by atoms with van der Waals surface area (Å²) in [7, 11) is 0. The zero-order chi connectivity index (χ0) is 11.5. The normalized spacial score (nSPS) is 29.2. The first-order valence-corrected chi connectivity index (χ1v) is 6.32. The number of nitrogen functional groups attached to an aromatic ring is 1. The first kappa shape index (κ1) is 11.3. The van der Waals surface area contributed by atoms with Gasteiger partial charge in [0, 0.05) is 17.4 Å². The Labute approximate surface area is 98.2 Å². The van der Waals surface area contributed by atoms with Gasteiger partial charge in [0.15, 0.2) is 0 Å². The maximum absolute atomic E-state index is 5.68. The molecule has 0 bridgehead atoms. The molecule has 0 aromatic heterocycles. The van der Waals surface area contributed by atoms with Gasteiger partial charge in [0.05, 0.1) is 0 Å². The van der Waals surface area contributed by atoms with Gasteiger partial charge in [0.25, 0.3) is 0 Å². The molecule has 0 radical (unpaired) electrons. The first-order valence-electron chi connectivity index (χ1n) is 6.32. The number of benzene rings is 1. The molecule has 1 saturated carbocycles. The fraction of sp³-hybridized carbons (Fsp3) is 0.571. The third kappa shape index (κ3) is 2.31. The second kappa shape index (κ2) is 4.77. The van der Waals surface area contributed by atoms with E-state index in [1.54, 1.807) is 0 Å². The SMILES string of the molecule is CCC1CCC(Nc2ccc(N)cc2)C1C. The average Bonchev–Trinajstić information content (AvgIpc) is 2.63. The molecule has 0 heterocycles. The number of hydrogen-bond donors (Lipinski definition) is 2. The summed E-state index contributed by atoms with van der Waals surface area (Å²) >= 11 is 0. The predicted octanol–water partition coefficient (Wildman–Crippen LogP) is 3.51. The molecule has 1 aromatic rings. The van der Waals surface area contributed by atoms with Crippen molar-refractivity contribution < 1.29 is 0 Å². The zero-order valence-corrected chi connectivity index (χ0v) is 10.2. The molecule has 3 N–H and O–H groups in total. The van der Waals surface area contributed by atoms with Crippen LogP contribution in [-0.4, -0.2) is 6.04 Å². The summed E-state index contributed by atoms with van der Waals surface area (Å²) in [4.78, 5) is 0. The lowest BCUT2D eigenvalue weighted by molar-refractivity contribution is 0.392. The van der Waals surface area contributed by atoms with Crippen molar-refractivity contribution in [1.29, 1.82) is 0 Å². The molecule has 2 heteroatoms. The van der Waals surface area contributed by atoms with Gasteiger partial charge in [-0.05, 0) is 48.9 Å². The van der Waals surface area contributed by atoms with Gasteiger partial charge in [-0.1, -0.05) is 20.3 Å². The van der Waals surface area contributed by atoms with E-state index < -0.39 is 0 Å². The Morgan fingerprint density at radius 1 is 1.25 bits per heavy atom. The van der Waals surface area contributed by atoms with Crippen LogP contribution in [-0.2, 0) is 0 Å². The number of nitrogens with one attached hydrogen (secondary N) is 1. The summed E-state index contributed by atoms with van der Waals surface area (Å²) in [5, 5.41) is 3.63. The van der Waals surface area contributed by atoms with Crippen LogP contribution in [0.2, 0.25) is 0 Å². The minimum absolute atomic E-state index is 0.633.